The van der Waals surface area contributed by atoms with Gasteiger partial charge in [0.05, 0.1) is 16.5 Å². The summed E-state index contributed by atoms with van der Waals surface area (Å²) in [5.41, 5.74) is 1.34. The summed E-state index contributed by atoms with van der Waals surface area (Å²) in [7, 11) is 3.51. The molecule has 5 heteroatoms. The molecule has 18 heavy (non-hydrogen) atoms. The van der Waals surface area contributed by atoms with Crippen LogP contribution in [-0.4, -0.2) is 26.5 Å². The van der Waals surface area contributed by atoms with Crippen molar-refractivity contribution in [2.24, 2.45) is 5.92 Å². The Hall–Kier alpha value is -1.73. The molecule has 0 heterocycles. The van der Waals surface area contributed by atoms with Gasteiger partial charge in [0.2, 0.25) is 5.91 Å². The summed E-state index contributed by atoms with van der Waals surface area (Å²) in [6.07, 6.45) is 0. The molecule has 0 saturated carbocycles. The van der Waals surface area contributed by atoms with E-state index in [0.29, 0.717) is 17.1 Å². The molecular formula is C13H16ClN3O. The molecule has 1 N–H and O–H groups in total. The Labute approximate surface area is 112 Å². The Morgan fingerprint density at radius 1 is 1.61 bits per heavy atom. The van der Waals surface area contributed by atoms with Crippen molar-refractivity contribution in [1.29, 1.82) is 5.26 Å². The van der Waals surface area contributed by atoms with Gasteiger partial charge in [-0.2, -0.15) is 5.26 Å². The zero-order valence-corrected chi connectivity index (χ0v) is 11.5. The second-order valence-electron chi connectivity index (χ2n) is 4.17. The predicted octanol–water partition coefficient (Wildman–Crippen LogP) is 2.03. The van der Waals surface area contributed by atoms with E-state index in [4.69, 9.17) is 16.9 Å². The number of carbonyl (C=O) groups is 1. The van der Waals surface area contributed by atoms with Crippen molar-refractivity contribution in [3.63, 3.8) is 0 Å². The number of amides is 1. The van der Waals surface area contributed by atoms with Crippen LogP contribution < -0.4 is 10.2 Å². The molecule has 1 atom stereocenters. The van der Waals surface area contributed by atoms with Crippen molar-refractivity contribution in [3.05, 3.63) is 28.8 Å². The van der Waals surface area contributed by atoms with E-state index in [1.807, 2.05) is 31.0 Å². The number of hydrogen-bond acceptors (Lipinski definition) is 3. The first kappa shape index (κ1) is 14.3. The van der Waals surface area contributed by atoms with Gasteiger partial charge in [0.25, 0.3) is 0 Å². The molecule has 0 saturated heterocycles. The van der Waals surface area contributed by atoms with Crippen LogP contribution >= 0.6 is 11.6 Å². The van der Waals surface area contributed by atoms with Crippen molar-refractivity contribution in [3.8, 4) is 6.07 Å². The lowest BCUT2D eigenvalue weighted by Crippen LogP contribution is -2.34. The molecule has 96 valence electrons. The molecule has 0 bridgehead atoms. The zero-order chi connectivity index (χ0) is 13.7. The van der Waals surface area contributed by atoms with E-state index in [1.165, 1.54) is 0 Å². The van der Waals surface area contributed by atoms with Crippen LogP contribution in [-0.2, 0) is 4.79 Å². The van der Waals surface area contributed by atoms with E-state index in [2.05, 4.69) is 5.32 Å². The summed E-state index contributed by atoms with van der Waals surface area (Å²) in [5, 5.41) is 11.8. The van der Waals surface area contributed by atoms with Gasteiger partial charge >= 0.3 is 0 Å². The topological polar surface area (TPSA) is 56.1 Å². The number of nitriles is 1. The molecule has 1 unspecified atom stereocenters. The lowest BCUT2D eigenvalue weighted by Gasteiger charge is -2.23. The third-order valence-corrected chi connectivity index (χ3v) is 3.07. The van der Waals surface area contributed by atoms with E-state index >= 15 is 0 Å². The highest BCUT2D eigenvalue weighted by Gasteiger charge is 2.14. The van der Waals surface area contributed by atoms with Crippen molar-refractivity contribution in [2.45, 2.75) is 6.92 Å². The summed E-state index contributed by atoms with van der Waals surface area (Å²) in [6.45, 7) is 2.45. The second kappa shape index (κ2) is 6.27. The minimum absolute atomic E-state index is 0.00147. The normalized spacial score (nSPS) is 11.5. The van der Waals surface area contributed by atoms with Crippen LogP contribution in [0, 0.1) is 17.2 Å². The van der Waals surface area contributed by atoms with Crippen LogP contribution in [0.4, 0.5) is 5.69 Å². The van der Waals surface area contributed by atoms with Crippen LogP contribution in [0.1, 0.15) is 12.5 Å². The number of nitrogens with one attached hydrogen (secondary N) is 1. The highest BCUT2D eigenvalue weighted by molar-refractivity contribution is 6.32. The quantitative estimate of drug-likeness (QED) is 0.906. The summed E-state index contributed by atoms with van der Waals surface area (Å²) in [6, 6.07) is 7.25. The Morgan fingerprint density at radius 2 is 2.28 bits per heavy atom. The molecule has 0 fully saturated rings. The average molecular weight is 266 g/mol. The van der Waals surface area contributed by atoms with Gasteiger partial charge in [-0.3, -0.25) is 4.79 Å². The molecule has 0 spiro atoms. The molecule has 4 nitrogen and oxygen atoms in total. The fraction of sp³-hybridized carbons (Fsp3) is 0.385. The fourth-order valence-electron chi connectivity index (χ4n) is 1.68. The van der Waals surface area contributed by atoms with Gasteiger partial charge in [-0.25, -0.2) is 0 Å². The van der Waals surface area contributed by atoms with E-state index in [1.54, 1.807) is 19.2 Å². The molecule has 1 aromatic carbocycles. The van der Waals surface area contributed by atoms with Crippen LogP contribution in [0.25, 0.3) is 0 Å². The zero-order valence-electron chi connectivity index (χ0n) is 10.7. The van der Waals surface area contributed by atoms with Gasteiger partial charge in [-0.15, -0.1) is 0 Å². The lowest BCUT2D eigenvalue weighted by molar-refractivity contribution is -0.123. The fourth-order valence-corrected chi connectivity index (χ4v) is 1.89. The molecule has 1 aromatic rings. The number of halogens is 1. The molecule has 1 amide bonds. The van der Waals surface area contributed by atoms with Crippen LogP contribution in [0.5, 0.6) is 0 Å². The van der Waals surface area contributed by atoms with Gasteiger partial charge < -0.3 is 10.2 Å². The standard InChI is InChI=1S/C13H16ClN3O/c1-9(13(18)16-2)8-17(3)11-5-4-10(7-15)12(14)6-11/h4-6,9H,8H2,1-3H3,(H,16,18). The minimum Gasteiger partial charge on any atom is -0.374 e. The van der Waals surface area contributed by atoms with Gasteiger partial charge in [0.15, 0.2) is 0 Å². The van der Waals surface area contributed by atoms with E-state index in [0.717, 1.165) is 5.69 Å². The molecule has 0 aromatic heterocycles. The molecule has 0 aliphatic carbocycles. The van der Waals surface area contributed by atoms with Gasteiger partial charge in [0.1, 0.15) is 6.07 Å². The lowest BCUT2D eigenvalue weighted by atomic mass is 10.1. The summed E-state index contributed by atoms with van der Waals surface area (Å²) in [5.74, 6) is -0.115. The van der Waals surface area contributed by atoms with Gasteiger partial charge in [0, 0.05) is 26.3 Å². The summed E-state index contributed by atoms with van der Waals surface area (Å²) in [4.78, 5) is 13.4. The first-order valence-corrected chi connectivity index (χ1v) is 5.99. The maximum absolute atomic E-state index is 11.4. The Morgan fingerprint density at radius 3 is 2.78 bits per heavy atom. The number of benzene rings is 1. The van der Waals surface area contributed by atoms with Crippen molar-refractivity contribution < 1.29 is 4.79 Å². The van der Waals surface area contributed by atoms with Crippen molar-refractivity contribution in [1.82, 2.24) is 5.32 Å². The number of rotatable bonds is 4. The Bertz CT molecular complexity index is 482. The molecule has 0 radical (unpaired) electrons. The van der Waals surface area contributed by atoms with Crippen LogP contribution in [0.3, 0.4) is 0 Å². The third-order valence-electron chi connectivity index (χ3n) is 2.76. The molecule has 1 rings (SSSR count). The van der Waals surface area contributed by atoms with Crippen LogP contribution in [0.2, 0.25) is 5.02 Å². The number of carbonyl (C=O) groups excluding carboxylic acids is 1. The van der Waals surface area contributed by atoms with E-state index < -0.39 is 0 Å². The predicted molar refractivity (Wildman–Crippen MR) is 72.7 cm³/mol. The van der Waals surface area contributed by atoms with Crippen molar-refractivity contribution >= 4 is 23.2 Å². The second-order valence-corrected chi connectivity index (χ2v) is 4.58. The van der Waals surface area contributed by atoms with Gasteiger partial charge in [-0.1, -0.05) is 18.5 Å². The number of hydrogen-bond donors (Lipinski definition) is 1. The maximum Gasteiger partial charge on any atom is 0.224 e. The minimum atomic E-state index is -0.116. The monoisotopic (exact) mass is 265 g/mol. The van der Waals surface area contributed by atoms with Gasteiger partial charge in [-0.05, 0) is 18.2 Å². The highest BCUT2D eigenvalue weighted by atomic mass is 35.5. The molecule has 0 aliphatic rings. The summed E-state index contributed by atoms with van der Waals surface area (Å²) >= 11 is 5.97. The van der Waals surface area contributed by atoms with Crippen LogP contribution in [0.15, 0.2) is 18.2 Å². The number of nitrogens with zero attached hydrogens (tertiary/aromatic N) is 2. The molecular weight excluding hydrogens is 250 g/mol. The highest BCUT2D eigenvalue weighted by Crippen LogP contribution is 2.23. The SMILES string of the molecule is CNC(=O)C(C)CN(C)c1ccc(C#N)c(Cl)c1. The third kappa shape index (κ3) is 3.38. The first-order valence-electron chi connectivity index (χ1n) is 5.62. The first-order chi connectivity index (χ1) is 8.49. The molecule has 0 aliphatic heterocycles. The maximum atomic E-state index is 11.4. The largest absolute Gasteiger partial charge is 0.374 e. The smallest absolute Gasteiger partial charge is 0.224 e. The summed E-state index contributed by atoms with van der Waals surface area (Å²) < 4.78 is 0. The van der Waals surface area contributed by atoms with Crippen molar-refractivity contribution in [2.75, 3.05) is 25.5 Å². The number of anilines is 1. The van der Waals surface area contributed by atoms with E-state index in [-0.39, 0.29) is 11.8 Å². The Kier molecular flexibility index (Phi) is 4.99. The Balaban J connectivity index is 2.79. The van der Waals surface area contributed by atoms with E-state index in [9.17, 15) is 4.79 Å². The average Bonchev–Trinajstić information content (AvgIpc) is 2.37.